The van der Waals surface area contributed by atoms with Gasteiger partial charge in [0.2, 0.25) is 0 Å². The van der Waals surface area contributed by atoms with Gasteiger partial charge in [-0.25, -0.2) is 4.98 Å². The van der Waals surface area contributed by atoms with Gasteiger partial charge in [-0.15, -0.1) is 11.3 Å². The lowest BCUT2D eigenvalue weighted by atomic mass is 9.95. The van der Waals surface area contributed by atoms with Crippen LogP contribution in [-0.2, 0) is 0 Å². The van der Waals surface area contributed by atoms with Crippen LogP contribution < -0.4 is 10.2 Å². The van der Waals surface area contributed by atoms with E-state index in [2.05, 4.69) is 36.5 Å². The van der Waals surface area contributed by atoms with Gasteiger partial charge in [0, 0.05) is 24.5 Å². The summed E-state index contributed by atoms with van der Waals surface area (Å²) in [5, 5.41) is 6.80. The SMILES string of the molecule is CCNC(C)c1csc(N(C)C2CCCCC2)n1. The second-order valence-electron chi connectivity index (χ2n) is 5.24. The van der Waals surface area contributed by atoms with Crippen molar-refractivity contribution in [3.8, 4) is 0 Å². The van der Waals surface area contributed by atoms with Gasteiger partial charge in [0.25, 0.3) is 0 Å². The van der Waals surface area contributed by atoms with Crippen LogP contribution in [0.3, 0.4) is 0 Å². The highest BCUT2D eigenvalue weighted by Crippen LogP contribution is 2.29. The minimum absolute atomic E-state index is 0.361. The first-order chi connectivity index (χ1) is 8.72. The lowest BCUT2D eigenvalue weighted by Gasteiger charge is -2.30. The molecule has 1 heterocycles. The third-order valence-corrected chi connectivity index (χ3v) is 4.84. The molecular weight excluding hydrogens is 242 g/mol. The first-order valence-corrected chi connectivity index (χ1v) is 8.02. The fourth-order valence-electron chi connectivity index (χ4n) is 2.67. The summed E-state index contributed by atoms with van der Waals surface area (Å²) in [6, 6.07) is 1.06. The van der Waals surface area contributed by atoms with Crippen LogP contribution in [0.25, 0.3) is 0 Å². The topological polar surface area (TPSA) is 28.2 Å². The fourth-order valence-corrected chi connectivity index (χ4v) is 3.63. The molecule has 0 aliphatic heterocycles. The van der Waals surface area contributed by atoms with Gasteiger partial charge < -0.3 is 10.2 Å². The molecule has 0 amide bonds. The Bertz CT molecular complexity index is 358. The van der Waals surface area contributed by atoms with E-state index in [1.807, 2.05) is 0 Å². The third-order valence-electron chi connectivity index (χ3n) is 3.89. The van der Waals surface area contributed by atoms with Crippen LogP contribution in [0.2, 0.25) is 0 Å². The lowest BCUT2D eigenvalue weighted by molar-refractivity contribution is 0.427. The smallest absolute Gasteiger partial charge is 0.185 e. The van der Waals surface area contributed by atoms with Gasteiger partial charge in [0.05, 0.1) is 5.69 Å². The van der Waals surface area contributed by atoms with Gasteiger partial charge in [-0.05, 0) is 26.3 Å². The molecule has 1 saturated carbocycles. The number of aromatic nitrogens is 1. The van der Waals surface area contributed by atoms with E-state index in [0.29, 0.717) is 12.1 Å². The molecule has 1 fully saturated rings. The molecule has 18 heavy (non-hydrogen) atoms. The van der Waals surface area contributed by atoms with Crippen LogP contribution >= 0.6 is 11.3 Å². The molecule has 1 aromatic rings. The zero-order chi connectivity index (χ0) is 13.0. The Labute approximate surface area is 115 Å². The molecule has 0 radical (unpaired) electrons. The van der Waals surface area contributed by atoms with Gasteiger partial charge in [0.1, 0.15) is 0 Å². The normalized spacial score (nSPS) is 18.8. The zero-order valence-electron chi connectivity index (χ0n) is 11.8. The molecule has 1 atom stereocenters. The van der Waals surface area contributed by atoms with Crippen molar-refractivity contribution in [1.82, 2.24) is 10.3 Å². The molecule has 0 saturated heterocycles. The minimum atomic E-state index is 0.361. The summed E-state index contributed by atoms with van der Waals surface area (Å²) in [5.41, 5.74) is 1.18. The molecule has 0 bridgehead atoms. The molecular formula is C14H25N3S. The Morgan fingerprint density at radius 1 is 1.44 bits per heavy atom. The van der Waals surface area contributed by atoms with Crippen LogP contribution in [0.15, 0.2) is 5.38 Å². The van der Waals surface area contributed by atoms with Crippen LogP contribution in [0.4, 0.5) is 5.13 Å². The maximum absolute atomic E-state index is 4.79. The van der Waals surface area contributed by atoms with E-state index in [4.69, 9.17) is 4.98 Å². The zero-order valence-corrected chi connectivity index (χ0v) is 12.6. The van der Waals surface area contributed by atoms with E-state index in [1.54, 1.807) is 11.3 Å². The summed E-state index contributed by atoms with van der Waals surface area (Å²) in [6.45, 7) is 5.31. The van der Waals surface area contributed by atoms with Crippen molar-refractivity contribution < 1.29 is 0 Å². The van der Waals surface area contributed by atoms with Crippen LogP contribution in [-0.4, -0.2) is 24.6 Å². The monoisotopic (exact) mass is 267 g/mol. The van der Waals surface area contributed by atoms with Crippen molar-refractivity contribution in [2.75, 3.05) is 18.5 Å². The highest BCUT2D eigenvalue weighted by atomic mass is 32.1. The molecule has 1 aliphatic carbocycles. The Kier molecular flexibility index (Phi) is 5.01. The number of rotatable bonds is 5. The van der Waals surface area contributed by atoms with Gasteiger partial charge in [-0.3, -0.25) is 0 Å². The van der Waals surface area contributed by atoms with Crippen molar-refractivity contribution in [2.45, 2.75) is 58.0 Å². The maximum atomic E-state index is 4.79. The second-order valence-corrected chi connectivity index (χ2v) is 6.07. The Balaban J connectivity index is 1.99. The van der Waals surface area contributed by atoms with Gasteiger partial charge >= 0.3 is 0 Å². The molecule has 2 rings (SSSR count). The number of nitrogens with one attached hydrogen (secondary N) is 1. The predicted molar refractivity (Wildman–Crippen MR) is 79.5 cm³/mol. The molecule has 0 spiro atoms. The van der Waals surface area contributed by atoms with Crippen LogP contribution in [0.5, 0.6) is 0 Å². The maximum Gasteiger partial charge on any atom is 0.185 e. The molecule has 1 aromatic heterocycles. The summed E-state index contributed by atoms with van der Waals surface area (Å²) in [5.74, 6) is 0. The summed E-state index contributed by atoms with van der Waals surface area (Å²) >= 11 is 1.78. The van der Waals surface area contributed by atoms with Crippen molar-refractivity contribution in [1.29, 1.82) is 0 Å². The number of thiazole rings is 1. The highest BCUT2D eigenvalue weighted by molar-refractivity contribution is 7.13. The second kappa shape index (κ2) is 6.53. The van der Waals surface area contributed by atoms with Gasteiger partial charge in [0.15, 0.2) is 5.13 Å². The predicted octanol–water partition coefficient (Wildman–Crippen LogP) is 3.58. The first kappa shape index (κ1) is 13.8. The number of anilines is 1. The Morgan fingerprint density at radius 2 is 2.17 bits per heavy atom. The van der Waals surface area contributed by atoms with Crippen molar-refractivity contribution in [3.05, 3.63) is 11.1 Å². The number of nitrogens with zero attached hydrogens (tertiary/aromatic N) is 2. The summed E-state index contributed by atoms with van der Waals surface area (Å²) < 4.78 is 0. The van der Waals surface area contributed by atoms with E-state index in [0.717, 1.165) is 6.54 Å². The van der Waals surface area contributed by atoms with Crippen molar-refractivity contribution in [2.24, 2.45) is 0 Å². The fraction of sp³-hybridized carbons (Fsp3) is 0.786. The molecule has 1 N–H and O–H groups in total. The van der Waals surface area contributed by atoms with Gasteiger partial charge in [-0.2, -0.15) is 0 Å². The largest absolute Gasteiger partial charge is 0.348 e. The highest BCUT2D eigenvalue weighted by Gasteiger charge is 2.21. The Morgan fingerprint density at radius 3 is 2.83 bits per heavy atom. The standard InChI is InChI=1S/C14H25N3S/c1-4-15-11(2)13-10-18-14(16-13)17(3)12-8-6-5-7-9-12/h10-12,15H,4-9H2,1-3H3. The summed E-state index contributed by atoms with van der Waals surface area (Å²) in [6.07, 6.45) is 6.81. The molecule has 1 unspecified atom stereocenters. The van der Waals surface area contributed by atoms with Crippen LogP contribution in [0.1, 0.15) is 57.7 Å². The van der Waals surface area contributed by atoms with E-state index in [-0.39, 0.29) is 0 Å². The average Bonchev–Trinajstić information content (AvgIpc) is 2.89. The average molecular weight is 267 g/mol. The molecule has 0 aromatic carbocycles. The molecule has 102 valence electrons. The van der Waals surface area contributed by atoms with Crippen molar-refractivity contribution in [3.63, 3.8) is 0 Å². The number of hydrogen-bond donors (Lipinski definition) is 1. The molecule has 4 heteroatoms. The van der Waals surface area contributed by atoms with E-state index >= 15 is 0 Å². The summed E-state index contributed by atoms with van der Waals surface area (Å²) in [7, 11) is 2.20. The van der Waals surface area contributed by atoms with Gasteiger partial charge in [-0.1, -0.05) is 26.2 Å². The quantitative estimate of drug-likeness (QED) is 0.884. The molecule has 1 aliphatic rings. The van der Waals surface area contributed by atoms with Crippen molar-refractivity contribution >= 4 is 16.5 Å². The number of hydrogen-bond acceptors (Lipinski definition) is 4. The summed E-state index contributed by atoms with van der Waals surface area (Å²) in [4.78, 5) is 7.18. The Hall–Kier alpha value is -0.610. The lowest BCUT2D eigenvalue weighted by Crippen LogP contribution is -2.33. The van der Waals surface area contributed by atoms with E-state index < -0.39 is 0 Å². The molecule has 3 nitrogen and oxygen atoms in total. The van der Waals surface area contributed by atoms with E-state index in [1.165, 1.54) is 42.9 Å². The minimum Gasteiger partial charge on any atom is -0.348 e. The van der Waals surface area contributed by atoms with E-state index in [9.17, 15) is 0 Å². The van der Waals surface area contributed by atoms with Crippen LogP contribution in [0, 0.1) is 0 Å². The third kappa shape index (κ3) is 3.23. The first-order valence-electron chi connectivity index (χ1n) is 7.14.